The number of hydrogen-bond donors (Lipinski definition) is 0. The molecule has 1 aliphatic heterocycles. The highest BCUT2D eigenvalue weighted by Gasteiger charge is 2.26. The lowest BCUT2D eigenvalue weighted by Crippen LogP contribution is -2.36. The molecular weight excluding hydrogens is 255 g/mol. The van der Waals surface area contributed by atoms with Crippen LogP contribution in [0.4, 0.5) is 4.39 Å². The fourth-order valence-corrected chi connectivity index (χ4v) is 2.83. The first-order valence-corrected chi connectivity index (χ1v) is 6.84. The number of benzene rings is 1. The van der Waals surface area contributed by atoms with Crippen molar-refractivity contribution < 1.29 is 9.18 Å². The van der Waals surface area contributed by atoms with E-state index in [1.807, 2.05) is 22.6 Å². The van der Waals surface area contributed by atoms with Crippen molar-refractivity contribution in [2.75, 3.05) is 6.54 Å². The van der Waals surface area contributed by atoms with E-state index in [9.17, 15) is 9.18 Å². The largest absolute Gasteiger partial charge is 0.340 e. The number of carbonyl (C=O) groups excluding carboxylic acids is 1. The number of halogens is 1. The number of carbonyl (C=O) groups is 1. The predicted molar refractivity (Wildman–Crippen MR) is 77.1 cm³/mol. The van der Waals surface area contributed by atoms with Gasteiger partial charge in [0.05, 0.1) is 6.04 Å². The molecule has 1 aromatic heterocycles. The third-order valence-corrected chi connectivity index (χ3v) is 3.96. The Kier molecular flexibility index (Phi) is 3.08. The lowest BCUT2D eigenvalue weighted by atomic mass is 10.2. The molecule has 0 unspecified atom stereocenters. The van der Waals surface area contributed by atoms with Crippen LogP contribution in [0.25, 0.3) is 10.9 Å². The molecule has 0 N–H and O–H groups in total. The third-order valence-electron chi connectivity index (χ3n) is 3.96. The van der Waals surface area contributed by atoms with E-state index in [4.69, 9.17) is 0 Å². The second-order valence-corrected chi connectivity index (χ2v) is 5.15. The van der Waals surface area contributed by atoms with Crippen LogP contribution in [0.5, 0.6) is 0 Å². The Morgan fingerprint density at radius 1 is 1.40 bits per heavy atom. The molecule has 3 rings (SSSR count). The quantitative estimate of drug-likeness (QED) is 0.771. The average Bonchev–Trinajstić information content (AvgIpc) is 3.02. The van der Waals surface area contributed by atoms with E-state index < -0.39 is 0 Å². The Balaban J connectivity index is 2.02. The van der Waals surface area contributed by atoms with E-state index >= 15 is 0 Å². The van der Waals surface area contributed by atoms with Crippen molar-refractivity contribution in [2.24, 2.45) is 7.05 Å². The van der Waals surface area contributed by atoms with Crippen molar-refractivity contribution in [1.82, 2.24) is 9.47 Å². The summed E-state index contributed by atoms with van der Waals surface area (Å²) in [6.07, 6.45) is 5.00. The summed E-state index contributed by atoms with van der Waals surface area (Å²) in [5.74, 6) is -0.280. The number of hydrogen-bond acceptors (Lipinski definition) is 1. The Morgan fingerprint density at radius 2 is 2.20 bits per heavy atom. The van der Waals surface area contributed by atoms with E-state index in [1.54, 1.807) is 12.1 Å². The smallest absolute Gasteiger partial charge is 0.271 e. The van der Waals surface area contributed by atoms with Gasteiger partial charge >= 0.3 is 0 Å². The van der Waals surface area contributed by atoms with E-state index in [0.717, 1.165) is 17.3 Å². The predicted octanol–water partition coefficient (Wildman–Crippen LogP) is 3.11. The second-order valence-electron chi connectivity index (χ2n) is 5.15. The third kappa shape index (κ3) is 1.92. The summed E-state index contributed by atoms with van der Waals surface area (Å²) in [6.45, 7) is 2.71. The molecule has 2 heterocycles. The molecule has 0 fully saturated rings. The Bertz CT molecular complexity index is 702. The molecule has 2 aromatic rings. The molecule has 1 aromatic carbocycles. The highest BCUT2D eigenvalue weighted by atomic mass is 19.1. The van der Waals surface area contributed by atoms with Gasteiger partial charge in [-0.15, -0.1) is 0 Å². The Hall–Kier alpha value is -2.10. The molecule has 0 saturated heterocycles. The van der Waals surface area contributed by atoms with Crippen molar-refractivity contribution in [3.05, 3.63) is 47.9 Å². The van der Waals surface area contributed by atoms with Crippen molar-refractivity contribution in [3.8, 4) is 0 Å². The molecule has 3 nitrogen and oxygen atoms in total. The topological polar surface area (TPSA) is 25.2 Å². The summed E-state index contributed by atoms with van der Waals surface area (Å²) in [6, 6.07) is 6.53. The van der Waals surface area contributed by atoms with Gasteiger partial charge in [-0.1, -0.05) is 19.1 Å². The fourth-order valence-electron chi connectivity index (χ4n) is 2.83. The van der Waals surface area contributed by atoms with Crippen molar-refractivity contribution in [3.63, 3.8) is 0 Å². The van der Waals surface area contributed by atoms with Gasteiger partial charge in [0, 0.05) is 24.5 Å². The molecule has 1 aliphatic rings. The molecule has 1 atom stereocenters. The Labute approximate surface area is 117 Å². The first-order valence-electron chi connectivity index (χ1n) is 6.84. The molecule has 0 spiro atoms. The van der Waals surface area contributed by atoms with Crippen LogP contribution in [0.15, 0.2) is 36.4 Å². The number of aromatic nitrogens is 1. The maximum atomic E-state index is 13.3. The van der Waals surface area contributed by atoms with Gasteiger partial charge in [-0.2, -0.15) is 0 Å². The summed E-state index contributed by atoms with van der Waals surface area (Å²) in [7, 11) is 1.85. The monoisotopic (exact) mass is 272 g/mol. The summed E-state index contributed by atoms with van der Waals surface area (Å²) in [4.78, 5) is 14.5. The van der Waals surface area contributed by atoms with E-state index in [1.165, 1.54) is 12.1 Å². The maximum absolute atomic E-state index is 13.3. The molecule has 20 heavy (non-hydrogen) atoms. The molecule has 4 heteroatoms. The van der Waals surface area contributed by atoms with Crippen LogP contribution in [0.3, 0.4) is 0 Å². The fraction of sp³-hybridized carbons (Fsp3) is 0.312. The number of nitrogens with zero attached hydrogens (tertiary/aromatic N) is 2. The van der Waals surface area contributed by atoms with Crippen LogP contribution >= 0.6 is 0 Å². The summed E-state index contributed by atoms with van der Waals surface area (Å²) < 4.78 is 15.1. The van der Waals surface area contributed by atoms with Gasteiger partial charge in [0.2, 0.25) is 0 Å². The number of aryl methyl sites for hydroxylation is 1. The molecule has 0 aliphatic carbocycles. The SMILES string of the molecule is CC[C@H]1C=CCN1C(=O)c1cc2cc(F)ccc2n1C. The number of amides is 1. The molecule has 104 valence electrons. The molecular formula is C16H17FN2O. The summed E-state index contributed by atoms with van der Waals surface area (Å²) >= 11 is 0. The maximum Gasteiger partial charge on any atom is 0.271 e. The van der Waals surface area contributed by atoms with Crippen LogP contribution in [0, 0.1) is 5.82 Å². The minimum Gasteiger partial charge on any atom is -0.340 e. The normalized spacial score (nSPS) is 18.1. The van der Waals surface area contributed by atoms with Gasteiger partial charge in [-0.25, -0.2) is 4.39 Å². The van der Waals surface area contributed by atoms with Crippen LogP contribution in [0.2, 0.25) is 0 Å². The first kappa shape index (κ1) is 12.9. The number of rotatable bonds is 2. The van der Waals surface area contributed by atoms with Crippen molar-refractivity contribution in [2.45, 2.75) is 19.4 Å². The van der Waals surface area contributed by atoms with Gasteiger partial charge in [-0.05, 0) is 30.7 Å². The van der Waals surface area contributed by atoms with Crippen molar-refractivity contribution in [1.29, 1.82) is 0 Å². The molecule has 0 radical (unpaired) electrons. The lowest BCUT2D eigenvalue weighted by molar-refractivity contribution is 0.0738. The summed E-state index contributed by atoms with van der Waals surface area (Å²) in [5.41, 5.74) is 1.47. The molecule has 0 saturated carbocycles. The minimum atomic E-state index is -0.281. The average molecular weight is 272 g/mol. The van der Waals surface area contributed by atoms with Crippen LogP contribution in [0.1, 0.15) is 23.8 Å². The van der Waals surface area contributed by atoms with Crippen LogP contribution < -0.4 is 0 Å². The first-order chi connectivity index (χ1) is 9.61. The molecule has 1 amide bonds. The lowest BCUT2D eigenvalue weighted by Gasteiger charge is -2.23. The van der Waals surface area contributed by atoms with Gasteiger partial charge in [-0.3, -0.25) is 4.79 Å². The zero-order valence-electron chi connectivity index (χ0n) is 11.6. The minimum absolute atomic E-state index is 0.000887. The zero-order valence-corrected chi connectivity index (χ0v) is 11.6. The van der Waals surface area contributed by atoms with E-state index in [-0.39, 0.29) is 17.8 Å². The van der Waals surface area contributed by atoms with Gasteiger partial charge in [0.15, 0.2) is 0 Å². The van der Waals surface area contributed by atoms with Gasteiger partial charge < -0.3 is 9.47 Å². The molecule has 0 bridgehead atoms. The van der Waals surface area contributed by atoms with Crippen LogP contribution in [-0.2, 0) is 7.05 Å². The van der Waals surface area contributed by atoms with Crippen LogP contribution in [-0.4, -0.2) is 28.0 Å². The second kappa shape index (κ2) is 4.78. The van der Waals surface area contributed by atoms with Crippen molar-refractivity contribution >= 4 is 16.8 Å². The zero-order chi connectivity index (χ0) is 14.3. The standard InChI is InChI=1S/C16H17FN2O/c1-3-13-5-4-8-19(13)16(20)15-10-11-9-12(17)6-7-14(11)18(15)2/h4-7,9-10,13H,3,8H2,1-2H3/t13-/m0/s1. The summed E-state index contributed by atoms with van der Waals surface area (Å²) in [5, 5.41) is 0.760. The van der Waals surface area contributed by atoms with Gasteiger partial charge in [0.25, 0.3) is 5.91 Å². The van der Waals surface area contributed by atoms with Gasteiger partial charge in [0.1, 0.15) is 11.5 Å². The van der Waals surface area contributed by atoms with E-state index in [0.29, 0.717) is 12.2 Å². The Morgan fingerprint density at radius 3 is 2.95 bits per heavy atom. The number of fused-ring (bicyclic) bond motifs is 1. The van der Waals surface area contributed by atoms with E-state index in [2.05, 4.69) is 13.0 Å². The highest BCUT2D eigenvalue weighted by Crippen LogP contribution is 2.23. The highest BCUT2D eigenvalue weighted by molar-refractivity contribution is 5.99.